The fraction of sp³-hybridized carbons (Fsp3) is 0.800. The van der Waals surface area contributed by atoms with Crippen LogP contribution in [0.25, 0.3) is 0 Å². The molecule has 1 fully saturated rings. The van der Waals surface area contributed by atoms with Gasteiger partial charge in [-0.1, -0.05) is 13.8 Å². The van der Waals surface area contributed by atoms with E-state index in [9.17, 15) is 13.2 Å². The Morgan fingerprint density at radius 2 is 2.05 bits per heavy atom. The van der Waals surface area contributed by atoms with Crippen molar-refractivity contribution in [3.05, 3.63) is 18.2 Å². The largest absolute Gasteiger partial charge is 0.406 e. The summed E-state index contributed by atoms with van der Waals surface area (Å²) in [6, 6.07) is 0.244. The predicted molar refractivity (Wildman–Crippen MR) is 77.3 cm³/mol. The zero-order valence-electron chi connectivity index (χ0n) is 13.7. The number of hydrogen-bond acceptors (Lipinski definition) is 3. The average Bonchev–Trinajstić information content (AvgIpc) is 2.80. The van der Waals surface area contributed by atoms with Crippen LogP contribution in [0.4, 0.5) is 13.2 Å². The van der Waals surface area contributed by atoms with Crippen molar-refractivity contribution in [2.24, 2.45) is 5.41 Å². The molecule has 7 heteroatoms. The summed E-state index contributed by atoms with van der Waals surface area (Å²) < 4.78 is 44.5. The van der Waals surface area contributed by atoms with Crippen LogP contribution >= 0.6 is 0 Å². The van der Waals surface area contributed by atoms with Crippen molar-refractivity contribution in [2.75, 3.05) is 14.2 Å². The first-order chi connectivity index (χ1) is 10.00. The summed E-state index contributed by atoms with van der Waals surface area (Å²) in [5.74, 6) is 0.432. The van der Waals surface area contributed by atoms with Crippen LogP contribution in [0.3, 0.4) is 0 Å². The third kappa shape index (κ3) is 3.01. The molecule has 0 spiro atoms. The molecule has 126 valence electrons. The summed E-state index contributed by atoms with van der Waals surface area (Å²) in [7, 11) is 3.63. The van der Waals surface area contributed by atoms with Crippen LogP contribution in [0.15, 0.2) is 12.4 Å². The Bertz CT molecular complexity index is 526. The Morgan fingerprint density at radius 3 is 2.55 bits per heavy atom. The first-order valence-electron chi connectivity index (χ1n) is 7.32. The molecule has 0 aliphatic heterocycles. The molecule has 1 aromatic rings. The molecule has 1 aliphatic carbocycles. The molecule has 1 saturated carbocycles. The van der Waals surface area contributed by atoms with Gasteiger partial charge in [0.2, 0.25) is 0 Å². The number of ether oxygens (including phenoxy) is 1. The molecule has 0 N–H and O–H groups in total. The standard InChI is InChI=1S/C15H24F3N3O/c1-13(2)11(8-14(13,3)22-5)20(4)9-12-19-6-7-21(12)10-15(16,17)18/h6-7,11H,8-10H2,1-5H3. The fourth-order valence-electron chi connectivity index (χ4n) is 3.32. The maximum Gasteiger partial charge on any atom is 0.406 e. The van der Waals surface area contributed by atoms with Crippen molar-refractivity contribution in [1.82, 2.24) is 14.5 Å². The molecule has 0 bridgehead atoms. The van der Waals surface area contributed by atoms with E-state index in [4.69, 9.17) is 4.74 Å². The Labute approximate surface area is 129 Å². The maximum absolute atomic E-state index is 12.6. The van der Waals surface area contributed by atoms with E-state index in [0.29, 0.717) is 12.4 Å². The molecule has 2 rings (SSSR count). The van der Waals surface area contributed by atoms with Crippen molar-refractivity contribution in [3.8, 4) is 0 Å². The van der Waals surface area contributed by atoms with Gasteiger partial charge < -0.3 is 9.30 Å². The second-order valence-corrected chi connectivity index (χ2v) is 6.88. The van der Waals surface area contributed by atoms with E-state index in [-0.39, 0.29) is 17.1 Å². The Morgan fingerprint density at radius 1 is 1.41 bits per heavy atom. The van der Waals surface area contributed by atoms with Crippen molar-refractivity contribution in [2.45, 2.75) is 58.1 Å². The number of nitrogens with zero attached hydrogens (tertiary/aromatic N) is 3. The number of halogens is 3. The Kier molecular flexibility index (Phi) is 4.34. The number of hydrogen-bond donors (Lipinski definition) is 0. The van der Waals surface area contributed by atoms with Gasteiger partial charge in [0.1, 0.15) is 12.4 Å². The van der Waals surface area contributed by atoms with Crippen molar-refractivity contribution < 1.29 is 17.9 Å². The molecule has 0 amide bonds. The fourth-order valence-corrected chi connectivity index (χ4v) is 3.32. The second kappa shape index (κ2) is 5.53. The van der Waals surface area contributed by atoms with Gasteiger partial charge in [0.15, 0.2) is 0 Å². The third-order valence-corrected chi connectivity index (χ3v) is 5.30. The smallest absolute Gasteiger partial charge is 0.378 e. The minimum Gasteiger partial charge on any atom is -0.378 e. The van der Waals surface area contributed by atoms with Gasteiger partial charge in [-0.05, 0) is 20.4 Å². The Hall–Kier alpha value is -1.08. The van der Waals surface area contributed by atoms with Crippen LogP contribution in [-0.2, 0) is 17.8 Å². The first kappa shape index (κ1) is 17.3. The van der Waals surface area contributed by atoms with Crippen molar-refractivity contribution >= 4 is 0 Å². The van der Waals surface area contributed by atoms with Crippen molar-refractivity contribution in [3.63, 3.8) is 0 Å². The lowest BCUT2D eigenvalue weighted by molar-refractivity contribution is -0.207. The molecule has 1 aliphatic rings. The molecule has 2 unspecified atom stereocenters. The molecular formula is C15H24F3N3O. The molecular weight excluding hydrogens is 295 g/mol. The zero-order chi connectivity index (χ0) is 16.8. The molecule has 22 heavy (non-hydrogen) atoms. The van der Waals surface area contributed by atoms with E-state index >= 15 is 0 Å². The molecule has 1 aromatic heterocycles. The van der Waals surface area contributed by atoms with Crippen molar-refractivity contribution in [1.29, 1.82) is 0 Å². The van der Waals surface area contributed by atoms with Gasteiger partial charge in [0, 0.05) is 31.0 Å². The maximum atomic E-state index is 12.6. The lowest BCUT2D eigenvalue weighted by atomic mass is 9.55. The van der Waals surface area contributed by atoms with Crippen LogP contribution in [-0.4, -0.2) is 46.4 Å². The normalized spacial score (nSPS) is 28.0. The minimum absolute atomic E-state index is 0.0715. The van der Waals surface area contributed by atoms with Gasteiger partial charge in [-0.15, -0.1) is 0 Å². The highest BCUT2D eigenvalue weighted by Gasteiger charge is 2.58. The SMILES string of the molecule is COC1(C)CC(N(C)Cc2nccn2CC(F)(F)F)C1(C)C. The quantitative estimate of drug-likeness (QED) is 0.835. The summed E-state index contributed by atoms with van der Waals surface area (Å²) in [6.45, 7) is 5.71. The molecule has 0 saturated heterocycles. The van der Waals surface area contributed by atoms with Gasteiger partial charge in [-0.2, -0.15) is 13.2 Å². The van der Waals surface area contributed by atoms with E-state index in [2.05, 4.69) is 30.7 Å². The summed E-state index contributed by atoms with van der Waals surface area (Å²) in [5, 5.41) is 0. The van der Waals surface area contributed by atoms with Gasteiger partial charge in [0.05, 0.1) is 12.1 Å². The van der Waals surface area contributed by atoms with Gasteiger partial charge >= 0.3 is 6.18 Å². The van der Waals surface area contributed by atoms with E-state index in [1.54, 1.807) is 7.11 Å². The summed E-state index contributed by atoms with van der Waals surface area (Å²) >= 11 is 0. The van der Waals surface area contributed by atoms with Gasteiger partial charge in [-0.3, -0.25) is 4.90 Å². The second-order valence-electron chi connectivity index (χ2n) is 6.88. The monoisotopic (exact) mass is 319 g/mol. The van der Waals surface area contributed by atoms with E-state index in [0.717, 1.165) is 11.0 Å². The molecule has 4 nitrogen and oxygen atoms in total. The van der Waals surface area contributed by atoms with Crippen LogP contribution in [0.5, 0.6) is 0 Å². The van der Waals surface area contributed by atoms with Crippen LogP contribution in [0.2, 0.25) is 0 Å². The minimum atomic E-state index is -4.24. The van der Waals surface area contributed by atoms with E-state index in [1.165, 1.54) is 12.4 Å². The highest BCUT2D eigenvalue weighted by molar-refractivity contribution is 5.12. The topological polar surface area (TPSA) is 30.3 Å². The lowest BCUT2D eigenvalue weighted by Crippen LogP contribution is -2.67. The summed E-state index contributed by atoms with van der Waals surface area (Å²) in [5.41, 5.74) is -0.273. The number of alkyl halides is 3. The van der Waals surface area contributed by atoms with Gasteiger partial charge in [0.25, 0.3) is 0 Å². The Balaban J connectivity index is 2.05. The average molecular weight is 319 g/mol. The predicted octanol–water partition coefficient (Wildman–Crippen LogP) is 3.08. The van der Waals surface area contributed by atoms with Crippen LogP contribution in [0, 0.1) is 5.41 Å². The van der Waals surface area contributed by atoms with Crippen LogP contribution in [0.1, 0.15) is 33.0 Å². The third-order valence-electron chi connectivity index (χ3n) is 5.30. The number of aromatic nitrogens is 2. The molecule has 2 atom stereocenters. The van der Waals surface area contributed by atoms with E-state index in [1.807, 2.05) is 7.05 Å². The zero-order valence-corrected chi connectivity index (χ0v) is 13.7. The lowest BCUT2D eigenvalue weighted by Gasteiger charge is -2.61. The number of imidazole rings is 1. The van der Waals surface area contributed by atoms with Gasteiger partial charge in [-0.25, -0.2) is 4.98 Å². The molecule has 0 radical (unpaired) electrons. The first-order valence-corrected chi connectivity index (χ1v) is 7.32. The van der Waals surface area contributed by atoms with E-state index < -0.39 is 12.7 Å². The molecule has 0 aromatic carbocycles. The summed E-state index contributed by atoms with van der Waals surface area (Å²) in [4.78, 5) is 6.14. The molecule has 1 heterocycles. The number of rotatable bonds is 5. The number of methoxy groups -OCH3 is 1. The highest BCUT2D eigenvalue weighted by Crippen LogP contribution is 2.53. The highest BCUT2D eigenvalue weighted by atomic mass is 19.4. The van der Waals surface area contributed by atoms with Crippen LogP contribution < -0.4 is 0 Å². The summed E-state index contributed by atoms with van der Waals surface area (Å²) in [6.07, 6.45) is -0.590.